The lowest BCUT2D eigenvalue weighted by atomic mass is 10.2. The zero-order valence-electron chi connectivity index (χ0n) is 11.4. The highest BCUT2D eigenvalue weighted by Crippen LogP contribution is 2.28. The molecule has 0 radical (unpaired) electrons. The van der Waals surface area contributed by atoms with Crippen LogP contribution in [-0.2, 0) is 6.54 Å². The molecule has 0 aliphatic heterocycles. The maximum Gasteiger partial charge on any atom is 0.191 e. The molecule has 2 atom stereocenters. The minimum absolute atomic E-state index is 0. The summed E-state index contributed by atoms with van der Waals surface area (Å²) in [6, 6.07) is 7.73. The average Bonchev–Trinajstić information content (AvgIpc) is 3.04. The first-order chi connectivity index (χ1) is 8.69. The lowest BCUT2D eigenvalue weighted by Gasteiger charge is -2.10. The van der Waals surface area contributed by atoms with E-state index in [1.165, 1.54) is 6.42 Å². The fourth-order valence-electron chi connectivity index (χ4n) is 1.79. The third-order valence-electron chi connectivity index (χ3n) is 3.13. The van der Waals surface area contributed by atoms with Gasteiger partial charge >= 0.3 is 0 Å². The second-order valence-electron chi connectivity index (χ2n) is 4.83. The molecule has 1 aromatic carbocycles. The molecule has 1 aromatic rings. The van der Waals surface area contributed by atoms with Gasteiger partial charge in [0.15, 0.2) is 5.96 Å². The van der Waals surface area contributed by atoms with Crippen molar-refractivity contribution in [2.75, 3.05) is 6.54 Å². The molecule has 2 unspecified atom stereocenters. The summed E-state index contributed by atoms with van der Waals surface area (Å²) in [5.41, 5.74) is 1.09. The van der Waals surface area contributed by atoms with Gasteiger partial charge in [0.25, 0.3) is 0 Å². The van der Waals surface area contributed by atoms with Crippen molar-refractivity contribution in [3.05, 3.63) is 29.8 Å². The Morgan fingerprint density at radius 3 is 2.53 bits per heavy atom. The Kier molecular flexibility index (Phi) is 6.41. The van der Waals surface area contributed by atoms with Gasteiger partial charge in [0.05, 0.1) is 6.54 Å². The minimum Gasteiger partial charge on any atom is -0.508 e. The monoisotopic (exact) mass is 375 g/mol. The van der Waals surface area contributed by atoms with Crippen molar-refractivity contribution in [2.24, 2.45) is 10.9 Å². The average molecular weight is 375 g/mol. The maximum atomic E-state index is 9.21. The van der Waals surface area contributed by atoms with Gasteiger partial charge in [-0.3, -0.25) is 0 Å². The quantitative estimate of drug-likeness (QED) is 0.431. The van der Waals surface area contributed by atoms with Crippen molar-refractivity contribution in [3.8, 4) is 5.75 Å². The normalized spacial score (nSPS) is 21.5. The molecule has 5 heteroatoms. The van der Waals surface area contributed by atoms with Crippen LogP contribution in [-0.4, -0.2) is 23.7 Å². The smallest absolute Gasteiger partial charge is 0.191 e. The molecular weight excluding hydrogens is 353 g/mol. The van der Waals surface area contributed by atoms with E-state index in [0.717, 1.165) is 24.0 Å². The summed E-state index contributed by atoms with van der Waals surface area (Å²) < 4.78 is 0. The predicted molar refractivity (Wildman–Crippen MR) is 89.0 cm³/mol. The summed E-state index contributed by atoms with van der Waals surface area (Å²) >= 11 is 0. The Hall–Kier alpha value is -0.980. The molecule has 1 aliphatic rings. The number of halogens is 1. The molecule has 1 fully saturated rings. The Balaban J connectivity index is 0.00000180. The predicted octanol–water partition coefficient (Wildman–Crippen LogP) is 2.47. The van der Waals surface area contributed by atoms with E-state index in [9.17, 15) is 5.11 Å². The van der Waals surface area contributed by atoms with E-state index < -0.39 is 0 Å². The van der Waals surface area contributed by atoms with Crippen LogP contribution >= 0.6 is 24.0 Å². The zero-order chi connectivity index (χ0) is 13.0. The highest BCUT2D eigenvalue weighted by molar-refractivity contribution is 14.0. The van der Waals surface area contributed by atoms with Crippen LogP contribution in [0.4, 0.5) is 0 Å². The van der Waals surface area contributed by atoms with E-state index in [1.807, 2.05) is 12.1 Å². The molecular formula is C14H22IN3O. The van der Waals surface area contributed by atoms with Crippen LogP contribution in [0.2, 0.25) is 0 Å². The number of rotatable bonds is 4. The Bertz CT molecular complexity index is 419. The minimum atomic E-state index is 0. The molecule has 1 saturated carbocycles. The molecule has 0 spiro atoms. The number of nitrogens with zero attached hydrogens (tertiary/aromatic N) is 1. The van der Waals surface area contributed by atoms with Crippen LogP contribution in [0.1, 0.15) is 25.8 Å². The van der Waals surface area contributed by atoms with E-state index in [-0.39, 0.29) is 24.0 Å². The number of hydrogen-bond acceptors (Lipinski definition) is 2. The van der Waals surface area contributed by atoms with E-state index in [2.05, 4.69) is 29.5 Å². The molecule has 4 nitrogen and oxygen atoms in total. The second kappa shape index (κ2) is 7.57. The molecule has 0 aromatic heterocycles. The van der Waals surface area contributed by atoms with Gasteiger partial charge in [-0.25, -0.2) is 4.99 Å². The summed E-state index contributed by atoms with van der Waals surface area (Å²) in [4.78, 5) is 4.54. The van der Waals surface area contributed by atoms with E-state index in [4.69, 9.17) is 0 Å². The highest BCUT2D eigenvalue weighted by atomic mass is 127. The van der Waals surface area contributed by atoms with Crippen molar-refractivity contribution in [2.45, 2.75) is 32.9 Å². The summed E-state index contributed by atoms with van der Waals surface area (Å²) in [7, 11) is 0. The van der Waals surface area contributed by atoms with Crippen LogP contribution in [0.3, 0.4) is 0 Å². The van der Waals surface area contributed by atoms with Crippen LogP contribution < -0.4 is 10.6 Å². The number of hydrogen-bond donors (Lipinski definition) is 3. The van der Waals surface area contributed by atoms with Crippen LogP contribution in [0.25, 0.3) is 0 Å². The van der Waals surface area contributed by atoms with Crippen molar-refractivity contribution in [1.82, 2.24) is 10.6 Å². The lowest BCUT2D eigenvalue weighted by molar-refractivity contribution is 0.475. The Labute approximate surface area is 131 Å². The molecule has 0 saturated heterocycles. The maximum absolute atomic E-state index is 9.21. The number of nitrogens with one attached hydrogen (secondary N) is 2. The molecule has 0 bridgehead atoms. The van der Waals surface area contributed by atoms with Crippen LogP contribution in [0, 0.1) is 5.92 Å². The molecule has 19 heavy (non-hydrogen) atoms. The number of phenolic OH excluding ortho intramolecular Hbond substituents is 1. The number of guanidine groups is 1. The van der Waals surface area contributed by atoms with Crippen LogP contribution in [0.5, 0.6) is 5.75 Å². The molecule has 0 amide bonds. The van der Waals surface area contributed by atoms with Gasteiger partial charge in [-0.2, -0.15) is 0 Å². The second-order valence-corrected chi connectivity index (χ2v) is 4.83. The van der Waals surface area contributed by atoms with Crippen molar-refractivity contribution >= 4 is 29.9 Å². The third-order valence-corrected chi connectivity index (χ3v) is 3.13. The number of benzene rings is 1. The summed E-state index contributed by atoms with van der Waals surface area (Å²) in [6.07, 6.45) is 1.23. The zero-order valence-corrected chi connectivity index (χ0v) is 13.7. The summed E-state index contributed by atoms with van der Waals surface area (Å²) in [5, 5.41) is 15.9. The SMILES string of the molecule is CCNC(=NCc1ccc(O)cc1)NC1CC1C.I. The van der Waals surface area contributed by atoms with Gasteiger partial charge in [0.1, 0.15) is 5.75 Å². The van der Waals surface area contributed by atoms with E-state index in [0.29, 0.717) is 18.3 Å². The first kappa shape index (κ1) is 16.1. The molecule has 0 heterocycles. The van der Waals surface area contributed by atoms with Crippen molar-refractivity contribution in [3.63, 3.8) is 0 Å². The largest absolute Gasteiger partial charge is 0.508 e. The summed E-state index contributed by atoms with van der Waals surface area (Å²) in [6.45, 7) is 5.79. The standard InChI is InChI=1S/C14H21N3O.HI/c1-3-15-14(17-13-8-10(13)2)16-9-11-4-6-12(18)7-5-11;/h4-7,10,13,18H,3,8-9H2,1-2H3,(H2,15,16,17);1H. The number of aromatic hydroxyl groups is 1. The highest BCUT2D eigenvalue weighted by Gasteiger charge is 2.33. The fourth-order valence-corrected chi connectivity index (χ4v) is 1.79. The fraction of sp³-hybridized carbons (Fsp3) is 0.500. The van der Waals surface area contributed by atoms with Crippen LogP contribution in [0.15, 0.2) is 29.3 Å². The van der Waals surface area contributed by atoms with Gasteiger partial charge < -0.3 is 15.7 Å². The van der Waals surface area contributed by atoms with Crippen molar-refractivity contribution < 1.29 is 5.11 Å². The Morgan fingerprint density at radius 2 is 2.00 bits per heavy atom. The van der Waals surface area contributed by atoms with Crippen molar-refractivity contribution in [1.29, 1.82) is 0 Å². The topological polar surface area (TPSA) is 56.7 Å². The van der Waals surface area contributed by atoms with E-state index in [1.54, 1.807) is 12.1 Å². The summed E-state index contributed by atoms with van der Waals surface area (Å²) in [5.74, 6) is 1.92. The lowest BCUT2D eigenvalue weighted by Crippen LogP contribution is -2.39. The number of aliphatic imine (C=N–C) groups is 1. The third kappa shape index (κ3) is 5.26. The van der Waals surface area contributed by atoms with E-state index >= 15 is 0 Å². The van der Waals surface area contributed by atoms with Gasteiger partial charge in [0.2, 0.25) is 0 Å². The van der Waals surface area contributed by atoms with Gasteiger partial charge in [-0.05, 0) is 37.0 Å². The van der Waals surface area contributed by atoms with Gasteiger partial charge in [-0.1, -0.05) is 19.1 Å². The molecule has 1 aliphatic carbocycles. The molecule has 3 N–H and O–H groups in total. The number of phenols is 1. The van der Waals surface area contributed by atoms with Gasteiger partial charge in [0, 0.05) is 12.6 Å². The first-order valence-corrected chi connectivity index (χ1v) is 6.51. The molecule has 106 valence electrons. The Morgan fingerprint density at radius 1 is 1.37 bits per heavy atom. The van der Waals surface area contributed by atoms with Gasteiger partial charge in [-0.15, -0.1) is 24.0 Å². The molecule has 2 rings (SSSR count). The first-order valence-electron chi connectivity index (χ1n) is 6.51.